The molecule has 1 heterocycles. The maximum atomic E-state index is 13.7. The topological polar surface area (TPSA) is 57.7 Å². The van der Waals surface area contributed by atoms with Crippen LogP contribution in [0.4, 0.5) is 8.78 Å². The summed E-state index contributed by atoms with van der Waals surface area (Å²) in [4.78, 5) is 12.8. The summed E-state index contributed by atoms with van der Waals surface area (Å²) >= 11 is 0. The highest BCUT2D eigenvalue weighted by Gasteiger charge is 2.34. The SMILES string of the molecule is CCC(C)C(=O)N1CCN(S(=O)(=O)c2c(F)cccc2F)CC1. The van der Waals surface area contributed by atoms with E-state index in [1.165, 1.54) is 0 Å². The molecule has 1 aromatic carbocycles. The van der Waals surface area contributed by atoms with Crippen LogP contribution in [0.25, 0.3) is 0 Å². The zero-order valence-electron chi connectivity index (χ0n) is 13.1. The molecule has 0 aliphatic carbocycles. The minimum absolute atomic E-state index is 0.0261. The highest BCUT2D eigenvalue weighted by atomic mass is 32.2. The number of hydrogen-bond donors (Lipinski definition) is 0. The van der Waals surface area contributed by atoms with E-state index in [0.717, 1.165) is 22.5 Å². The van der Waals surface area contributed by atoms with E-state index in [-0.39, 0.29) is 38.0 Å². The maximum Gasteiger partial charge on any atom is 0.249 e. The molecular formula is C15H20F2N2O3S. The lowest BCUT2D eigenvalue weighted by Crippen LogP contribution is -2.51. The largest absolute Gasteiger partial charge is 0.340 e. The van der Waals surface area contributed by atoms with Gasteiger partial charge in [0.1, 0.15) is 11.6 Å². The molecule has 1 aliphatic heterocycles. The highest BCUT2D eigenvalue weighted by Crippen LogP contribution is 2.24. The summed E-state index contributed by atoms with van der Waals surface area (Å²) in [6, 6.07) is 2.95. The average Bonchev–Trinajstić information content (AvgIpc) is 2.53. The fourth-order valence-electron chi connectivity index (χ4n) is 2.49. The molecule has 0 radical (unpaired) electrons. The number of halogens is 2. The third-order valence-electron chi connectivity index (χ3n) is 4.10. The summed E-state index contributed by atoms with van der Waals surface area (Å²) in [5.41, 5.74) is 0. The molecule has 2 rings (SSSR count). The predicted octanol–water partition coefficient (Wildman–Crippen LogP) is 1.84. The van der Waals surface area contributed by atoms with Gasteiger partial charge < -0.3 is 4.90 Å². The van der Waals surface area contributed by atoms with Gasteiger partial charge in [-0.2, -0.15) is 4.31 Å². The molecule has 1 aromatic rings. The Labute approximate surface area is 134 Å². The van der Waals surface area contributed by atoms with Gasteiger partial charge in [0, 0.05) is 32.1 Å². The number of piperazine rings is 1. The Morgan fingerprint density at radius 2 is 1.70 bits per heavy atom. The minimum atomic E-state index is -4.25. The summed E-state index contributed by atoms with van der Waals surface area (Å²) in [6.45, 7) is 4.22. The monoisotopic (exact) mass is 346 g/mol. The Bertz CT molecular complexity index is 666. The first-order valence-electron chi connectivity index (χ1n) is 7.52. The Balaban J connectivity index is 2.15. The molecule has 8 heteroatoms. The Morgan fingerprint density at radius 3 is 2.17 bits per heavy atom. The van der Waals surface area contributed by atoms with Crippen LogP contribution in [-0.4, -0.2) is 49.7 Å². The van der Waals surface area contributed by atoms with E-state index in [0.29, 0.717) is 6.42 Å². The molecule has 0 aromatic heterocycles. The summed E-state index contributed by atoms with van der Waals surface area (Å²) in [7, 11) is -4.25. The number of nitrogens with zero attached hydrogens (tertiary/aromatic N) is 2. The van der Waals surface area contributed by atoms with Crippen LogP contribution in [0, 0.1) is 17.6 Å². The Morgan fingerprint density at radius 1 is 1.17 bits per heavy atom. The van der Waals surface area contributed by atoms with E-state index in [2.05, 4.69) is 0 Å². The van der Waals surface area contributed by atoms with Gasteiger partial charge in [0.25, 0.3) is 0 Å². The van der Waals surface area contributed by atoms with E-state index >= 15 is 0 Å². The molecule has 1 unspecified atom stereocenters. The van der Waals surface area contributed by atoms with Crippen molar-refractivity contribution in [2.24, 2.45) is 5.92 Å². The minimum Gasteiger partial charge on any atom is -0.340 e. The maximum absolute atomic E-state index is 13.7. The number of carbonyl (C=O) groups excluding carboxylic acids is 1. The van der Waals surface area contributed by atoms with E-state index in [9.17, 15) is 22.0 Å². The summed E-state index contributed by atoms with van der Waals surface area (Å²) in [5, 5.41) is 0. The molecule has 1 fully saturated rings. The van der Waals surface area contributed by atoms with Crippen LogP contribution in [0.15, 0.2) is 23.1 Å². The molecule has 128 valence electrons. The van der Waals surface area contributed by atoms with Crippen molar-refractivity contribution in [3.63, 3.8) is 0 Å². The van der Waals surface area contributed by atoms with Gasteiger partial charge in [-0.1, -0.05) is 19.9 Å². The Hall–Kier alpha value is -1.54. The zero-order chi connectivity index (χ0) is 17.2. The first-order chi connectivity index (χ1) is 10.8. The van der Waals surface area contributed by atoms with Crippen LogP contribution in [-0.2, 0) is 14.8 Å². The number of sulfonamides is 1. The highest BCUT2D eigenvalue weighted by molar-refractivity contribution is 7.89. The number of hydrogen-bond acceptors (Lipinski definition) is 3. The lowest BCUT2D eigenvalue weighted by Gasteiger charge is -2.35. The number of amides is 1. The molecule has 23 heavy (non-hydrogen) atoms. The average molecular weight is 346 g/mol. The van der Waals surface area contributed by atoms with Crippen molar-refractivity contribution in [2.45, 2.75) is 25.2 Å². The molecule has 0 N–H and O–H groups in total. The van der Waals surface area contributed by atoms with Crippen LogP contribution < -0.4 is 0 Å². The molecule has 0 saturated carbocycles. The number of carbonyl (C=O) groups is 1. The molecule has 1 amide bonds. The van der Waals surface area contributed by atoms with Crippen LogP contribution in [0.3, 0.4) is 0 Å². The second-order valence-corrected chi connectivity index (χ2v) is 7.46. The first-order valence-corrected chi connectivity index (χ1v) is 8.96. The molecule has 1 saturated heterocycles. The van der Waals surface area contributed by atoms with E-state index in [4.69, 9.17) is 0 Å². The Kier molecular flexibility index (Phi) is 5.36. The molecule has 0 spiro atoms. The quantitative estimate of drug-likeness (QED) is 0.836. The van der Waals surface area contributed by atoms with Crippen molar-refractivity contribution >= 4 is 15.9 Å². The van der Waals surface area contributed by atoms with E-state index in [1.54, 1.807) is 4.90 Å². The van der Waals surface area contributed by atoms with Crippen LogP contribution in [0.2, 0.25) is 0 Å². The van der Waals surface area contributed by atoms with E-state index in [1.807, 2.05) is 13.8 Å². The van der Waals surface area contributed by atoms with Crippen molar-refractivity contribution in [3.8, 4) is 0 Å². The smallest absolute Gasteiger partial charge is 0.249 e. The predicted molar refractivity (Wildman–Crippen MR) is 81.2 cm³/mol. The van der Waals surface area contributed by atoms with Crippen molar-refractivity contribution in [1.29, 1.82) is 0 Å². The van der Waals surface area contributed by atoms with Crippen molar-refractivity contribution < 1.29 is 22.0 Å². The second-order valence-electron chi connectivity index (χ2n) is 5.59. The standard InChI is InChI=1S/C15H20F2N2O3S/c1-3-11(2)15(20)18-7-9-19(10-8-18)23(21,22)14-12(16)5-4-6-13(14)17/h4-6,11H,3,7-10H2,1-2H3. The van der Waals surface area contributed by atoms with Crippen LogP contribution in [0.1, 0.15) is 20.3 Å². The van der Waals surface area contributed by atoms with Gasteiger partial charge in [-0.15, -0.1) is 0 Å². The fraction of sp³-hybridized carbons (Fsp3) is 0.533. The van der Waals surface area contributed by atoms with Gasteiger partial charge in [0.05, 0.1) is 0 Å². The molecule has 0 bridgehead atoms. The van der Waals surface area contributed by atoms with Gasteiger partial charge in [-0.3, -0.25) is 4.79 Å². The number of rotatable bonds is 4. The normalized spacial score (nSPS) is 18.0. The third kappa shape index (κ3) is 3.53. The first kappa shape index (κ1) is 17.8. The van der Waals surface area contributed by atoms with Crippen molar-refractivity contribution in [1.82, 2.24) is 9.21 Å². The van der Waals surface area contributed by atoms with Crippen molar-refractivity contribution in [2.75, 3.05) is 26.2 Å². The fourth-order valence-corrected chi connectivity index (χ4v) is 4.02. The van der Waals surface area contributed by atoms with Gasteiger partial charge in [-0.25, -0.2) is 17.2 Å². The zero-order valence-corrected chi connectivity index (χ0v) is 13.9. The van der Waals surface area contributed by atoms with Gasteiger partial charge >= 0.3 is 0 Å². The summed E-state index contributed by atoms with van der Waals surface area (Å²) < 4.78 is 53.4. The van der Waals surface area contributed by atoms with E-state index < -0.39 is 26.6 Å². The van der Waals surface area contributed by atoms with Crippen LogP contribution >= 0.6 is 0 Å². The van der Waals surface area contributed by atoms with Gasteiger partial charge in [0.15, 0.2) is 4.90 Å². The lowest BCUT2D eigenvalue weighted by atomic mass is 10.1. The summed E-state index contributed by atoms with van der Waals surface area (Å²) in [6.07, 6.45) is 0.706. The van der Waals surface area contributed by atoms with Gasteiger partial charge in [-0.05, 0) is 18.6 Å². The summed E-state index contributed by atoms with van der Waals surface area (Å²) in [5.74, 6) is -2.37. The number of benzene rings is 1. The molecular weight excluding hydrogens is 326 g/mol. The second kappa shape index (κ2) is 6.92. The van der Waals surface area contributed by atoms with Crippen LogP contribution in [0.5, 0.6) is 0 Å². The lowest BCUT2D eigenvalue weighted by molar-refractivity contribution is -0.136. The molecule has 1 aliphatic rings. The third-order valence-corrected chi connectivity index (χ3v) is 6.05. The van der Waals surface area contributed by atoms with Gasteiger partial charge in [0.2, 0.25) is 15.9 Å². The van der Waals surface area contributed by atoms with Crippen molar-refractivity contribution in [3.05, 3.63) is 29.8 Å². The molecule has 1 atom stereocenters. The molecule has 5 nitrogen and oxygen atoms in total.